The van der Waals surface area contributed by atoms with Crippen LogP contribution in [0.5, 0.6) is 11.5 Å². The molecular weight excluding hydrogens is 428 g/mol. The topological polar surface area (TPSA) is 43.4 Å². The SMILES string of the molecule is COc1cc(CNCc2ccc(Cl)nc2)ccc1OCc1ccc(Br)cc1. The van der Waals surface area contributed by atoms with Crippen molar-refractivity contribution in [2.45, 2.75) is 19.7 Å². The van der Waals surface area contributed by atoms with Crippen LogP contribution in [0, 0.1) is 0 Å². The van der Waals surface area contributed by atoms with Crippen LogP contribution >= 0.6 is 27.5 Å². The van der Waals surface area contributed by atoms with E-state index in [1.165, 1.54) is 0 Å². The smallest absolute Gasteiger partial charge is 0.161 e. The Bertz CT molecular complexity index is 870. The minimum Gasteiger partial charge on any atom is -0.493 e. The summed E-state index contributed by atoms with van der Waals surface area (Å²) in [4.78, 5) is 4.08. The number of pyridine rings is 1. The predicted octanol–water partition coefficient (Wildman–Crippen LogP) is 5.37. The van der Waals surface area contributed by atoms with E-state index < -0.39 is 0 Å². The zero-order chi connectivity index (χ0) is 19.1. The minimum absolute atomic E-state index is 0.491. The lowest BCUT2D eigenvalue weighted by Gasteiger charge is -2.13. The Hall–Kier alpha value is -2.08. The largest absolute Gasteiger partial charge is 0.493 e. The molecule has 4 nitrogen and oxygen atoms in total. The molecule has 0 fully saturated rings. The van der Waals surface area contributed by atoms with E-state index in [2.05, 4.69) is 26.2 Å². The predicted molar refractivity (Wildman–Crippen MR) is 111 cm³/mol. The summed E-state index contributed by atoms with van der Waals surface area (Å²) in [5.74, 6) is 1.45. The van der Waals surface area contributed by atoms with Gasteiger partial charge in [0, 0.05) is 23.8 Å². The zero-order valence-electron chi connectivity index (χ0n) is 14.9. The second-order valence-corrected chi connectivity index (χ2v) is 7.30. The first-order valence-corrected chi connectivity index (χ1v) is 9.66. The Labute approximate surface area is 172 Å². The number of aromatic nitrogens is 1. The Morgan fingerprint density at radius 1 is 0.926 bits per heavy atom. The van der Waals surface area contributed by atoms with Crippen LogP contribution in [0.25, 0.3) is 0 Å². The summed E-state index contributed by atoms with van der Waals surface area (Å²) in [6.45, 7) is 1.92. The first kappa shape index (κ1) is 19.7. The van der Waals surface area contributed by atoms with Crippen LogP contribution in [0.2, 0.25) is 5.15 Å². The highest BCUT2D eigenvalue weighted by Crippen LogP contribution is 2.29. The second kappa shape index (κ2) is 9.74. The van der Waals surface area contributed by atoms with Crippen LogP contribution in [0.15, 0.2) is 65.3 Å². The highest BCUT2D eigenvalue weighted by atomic mass is 79.9. The molecule has 27 heavy (non-hydrogen) atoms. The Kier molecular flexibility index (Phi) is 7.10. The van der Waals surface area contributed by atoms with E-state index >= 15 is 0 Å². The van der Waals surface area contributed by atoms with Gasteiger partial charge in [0.2, 0.25) is 0 Å². The maximum absolute atomic E-state index is 5.91. The summed E-state index contributed by atoms with van der Waals surface area (Å²) >= 11 is 9.24. The fourth-order valence-corrected chi connectivity index (χ4v) is 2.92. The van der Waals surface area contributed by atoms with Gasteiger partial charge < -0.3 is 14.8 Å². The zero-order valence-corrected chi connectivity index (χ0v) is 17.3. The van der Waals surface area contributed by atoms with Gasteiger partial charge in [0.1, 0.15) is 11.8 Å². The summed E-state index contributed by atoms with van der Waals surface area (Å²) in [6, 6.07) is 17.8. The van der Waals surface area contributed by atoms with E-state index in [1.54, 1.807) is 19.4 Å². The van der Waals surface area contributed by atoms with Crippen LogP contribution in [-0.4, -0.2) is 12.1 Å². The number of hydrogen-bond donors (Lipinski definition) is 1. The highest BCUT2D eigenvalue weighted by molar-refractivity contribution is 9.10. The number of benzene rings is 2. The van der Waals surface area contributed by atoms with E-state index in [4.69, 9.17) is 21.1 Å². The van der Waals surface area contributed by atoms with Crippen molar-refractivity contribution in [3.05, 3.63) is 87.1 Å². The fourth-order valence-electron chi connectivity index (χ4n) is 2.55. The van der Waals surface area contributed by atoms with Gasteiger partial charge in [-0.25, -0.2) is 4.98 Å². The highest BCUT2D eigenvalue weighted by Gasteiger charge is 2.07. The van der Waals surface area contributed by atoms with Gasteiger partial charge in [-0.15, -0.1) is 0 Å². The molecule has 0 radical (unpaired) electrons. The third-order valence-corrected chi connectivity index (χ3v) is 4.73. The molecule has 0 aliphatic rings. The Morgan fingerprint density at radius 3 is 2.33 bits per heavy atom. The van der Waals surface area contributed by atoms with E-state index in [-0.39, 0.29) is 0 Å². The van der Waals surface area contributed by atoms with Crippen molar-refractivity contribution in [3.8, 4) is 11.5 Å². The molecule has 3 aromatic rings. The quantitative estimate of drug-likeness (QED) is 0.471. The normalized spacial score (nSPS) is 10.6. The van der Waals surface area contributed by atoms with Gasteiger partial charge in [-0.2, -0.15) is 0 Å². The molecule has 6 heteroatoms. The third-order valence-electron chi connectivity index (χ3n) is 3.98. The molecule has 1 heterocycles. The molecule has 1 aromatic heterocycles. The Morgan fingerprint density at radius 2 is 1.63 bits per heavy atom. The molecule has 0 atom stereocenters. The first-order chi connectivity index (χ1) is 13.1. The van der Waals surface area contributed by atoms with Crippen molar-refractivity contribution in [1.82, 2.24) is 10.3 Å². The van der Waals surface area contributed by atoms with Gasteiger partial charge >= 0.3 is 0 Å². The van der Waals surface area contributed by atoms with Crippen LogP contribution in [0.1, 0.15) is 16.7 Å². The Balaban J connectivity index is 1.56. The van der Waals surface area contributed by atoms with Crippen LogP contribution in [0.3, 0.4) is 0 Å². The lowest BCUT2D eigenvalue weighted by molar-refractivity contribution is 0.284. The van der Waals surface area contributed by atoms with Gasteiger partial charge in [-0.3, -0.25) is 0 Å². The molecule has 0 aliphatic heterocycles. The fraction of sp³-hybridized carbons (Fsp3) is 0.190. The van der Waals surface area contributed by atoms with Crippen molar-refractivity contribution in [2.75, 3.05) is 7.11 Å². The third kappa shape index (κ3) is 5.96. The van der Waals surface area contributed by atoms with Crippen molar-refractivity contribution in [3.63, 3.8) is 0 Å². The average molecular weight is 448 g/mol. The lowest BCUT2D eigenvalue weighted by Crippen LogP contribution is -2.13. The van der Waals surface area contributed by atoms with Crippen molar-refractivity contribution in [1.29, 1.82) is 0 Å². The molecule has 3 rings (SSSR count). The summed E-state index contributed by atoms with van der Waals surface area (Å²) in [7, 11) is 1.65. The van der Waals surface area contributed by atoms with Crippen LogP contribution in [-0.2, 0) is 19.7 Å². The number of halogens is 2. The summed E-state index contributed by atoms with van der Waals surface area (Å²) < 4.78 is 12.4. The van der Waals surface area contributed by atoms with E-state index in [1.807, 2.05) is 48.5 Å². The number of ether oxygens (including phenoxy) is 2. The first-order valence-electron chi connectivity index (χ1n) is 8.49. The van der Waals surface area contributed by atoms with E-state index in [9.17, 15) is 0 Å². The van der Waals surface area contributed by atoms with Crippen molar-refractivity contribution in [2.24, 2.45) is 0 Å². The molecule has 0 bridgehead atoms. The van der Waals surface area contributed by atoms with Gasteiger partial charge in [0.05, 0.1) is 7.11 Å². The van der Waals surface area contributed by atoms with E-state index in [0.717, 1.165) is 32.7 Å². The molecule has 0 aliphatic carbocycles. The van der Waals surface area contributed by atoms with E-state index in [0.29, 0.717) is 24.8 Å². The maximum atomic E-state index is 5.91. The van der Waals surface area contributed by atoms with Gasteiger partial charge in [0.25, 0.3) is 0 Å². The molecular formula is C21H20BrClN2O2. The van der Waals surface area contributed by atoms with Gasteiger partial charge in [-0.05, 0) is 47.0 Å². The van der Waals surface area contributed by atoms with Gasteiger partial charge in [-0.1, -0.05) is 51.8 Å². The van der Waals surface area contributed by atoms with Gasteiger partial charge in [0.15, 0.2) is 11.5 Å². The second-order valence-electron chi connectivity index (χ2n) is 5.99. The molecule has 1 N–H and O–H groups in total. The molecule has 0 amide bonds. The summed E-state index contributed by atoms with van der Waals surface area (Å²) in [5.41, 5.74) is 3.30. The van der Waals surface area contributed by atoms with Crippen molar-refractivity contribution >= 4 is 27.5 Å². The minimum atomic E-state index is 0.491. The number of nitrogens with one attached hydrogen (secondary N) is 1. The van der Waals surface area contributed by atoms with Crippen molar-refractivity contribution < 1.29 is 9.47 Å². The molecule has 0 spiro atoms. The molecule has 0 saturated heterocycles. The summed E-state index contributed by atoms with van der Waals surface area (Å²) in [5, 5.41) is 3.89. The van der Waals surface area contributed by atoms with Crippen LogP contribution < -0.4 is 14.8 Å². The molecule has 2 aromatic carbocycles. The number of hydrogen-bond acceptors (Lipinski definition) is 4. The monoisotopic (exact) mass is 446 g/mol. The lowest BCUT2D eigenvalue weighted by atomic mass is 10.2. The van der Waals surface area contributed by atoms with Crippen LogP contribution in [0.4, 0.5) is 0 Å². The number of methoxy groups -OCH3 is 1. The molecule has 140 valence electrons. The average Bonchev–Trinajstić information content (AvgIpc) is 2.69. The maximum Gasteiger partial charge on any atom is 0.161 e. The molecule has 0 unspecified atom stereocenters. The standard InChI is InChI=1S/C21H20BrClN2O2/c1-26-20-10-16(11-24-12-17-5-9-21(23)25-13-17)4-8-19(20)27-14-15-2-6-18(22)7-3-15/h2-10,13,24H,11-12,14H2,1H3. The molecule has 0 saturated carbocycles. The summed E-state index contributed by atoms with van der Waals surface area (Å²) in [6.07, 6.45) is 1.77. The number of rotatable bonds is 8. The number of nitrogens with zero attached hydrogens (tertiary/aromatic N) is 1.